The summed E-state index contributed by atoms with van der Waals surface area (Å²) in [4.78, 5) is 25.4. The molecule has 0 radical (unpaired) electrons. The van der Waals surface area contributed by atoms with Crippen LogP contribution < -0.4 is 5.32 Å². The molecule has 4 aromatic heterocycles. The van der Waals surface area contributed by atoms with Crippen molar-refractivity contribution in [2.45, 2.75) is 13.8 Å². The molecule has 124 valence electrons. The van der Waals surface area contributed by atoms with E-state index in [0.29, 0.717) is 16.3 Å². The van der Waals surface area contributed by atoms with Crippen molar-refractivity contribution in [2.75, 3.05) is 5.32 Å². The molecule has 7 nitrogen and oxygen atoms in total. The molecule has 0 aliphatic heterocycles. The Morgan fingerprint density at radius 2 is 2.08 bits per heavy atom. The average Bonchev–Trinajstić information content (AvgIpc) is 3.22. The van der Waals surface area contributed by atoms with E-state index in [4.69, 9.17) is 0 Å². The fourth-order valence-electron chi connectivity index (χ4n) is 2.54. The number of hydrogen-bond donors (Lipinski definition) is 1. The predicted molar refractivity (Wildman–Crippen MR) is 95.8 cm³/mol. The molecule has 4 aromatic rings. The highest BCUT2D eigenvalue weighted by molar-refractivity contribution is 7.13. The molecule has 1 amide bonds. The zero-order valence-corrected chi connectivity index (χ0v) is 14.4. The van der Waals surface area contributed by atoms with Gasteiger partial charge in [-0.1, -0.05) is 0 Å². The third kappa shape index (κ3) is 2.99. The van der Waals surface area contributed by atoms with Crippen LogP contribution in [-0.2, 0) is 0 Å². The van der Waals surface area contributed by atoms with E-state index in [-0.39, 0.29) is 5.91 Å². The van der Waals surface area contributed by atoms with E-state index >= 15 is 0 Å². The number of thiazole rings is 1. The summed E-state index contributed by atoms with van der Waals surface area (Å²) in [5.74, 6) is -0.269. The second-order valence-electron chi connectivity index (χ2n) is 5.67. The second-order valence-corrected chi connectivity index (χ2v) is 6.53. The molecule has 0 saturated carbocycles. The number of pyridine rings is 2. The van der Waals surface area contributed by atoms with Crippen LogP contribution in [0.1, 0.15) is 21.6 Å². The van der Waals surface area contributed by atoms with Crippen LogP contribution in [0.2, 0.25) is 0 Å². The van der Waals surface area contributed by atoms with Gasteiger partial charge in [-0.05, 0) is 31.5 Å². The zero-order chi connectivity index (χ0) is 17.4. The van der Waals surface area contributed by atoms with E-state index in [1.54, 1.807) is 23.0 Å². The summed E-state index contributed by atoms with van der Waals surface area (Å²) in [6.45, 7) is 3.86. The molecule has 4 rings (SSSR count). The number of hydrogen-bond acceptors (Lipinski definition) is 6. The molecule has 0 atom stereocenters. The van der Waals surface area contributed by atoms with Gasteiger partial charge in [0.1, 0.15) is 6.33 Å². The third-order valence-electron chi connectivity index (χ3n) is 3.67. The standard InChI is InChI=1S/C17H14N6OS/c1-10-3-12(6-18-5-10)13-4-14(15-19-9-20-23(15)7-13)16(24)22-17-21-11(2)8-25-17/h3-9H,1-2H3,(H,21,22,24). The lowest BCUT2D eigenvalue weighted by Crippen LogP contribution is -2.14. The average molecular weight is 350 g/mol. The van der Waals surface area contributed by atoms with Crippen LogP contribution in [0.25, 0.3) is 16.8 Å². The zero-order valence-electron chi connectivity index (χ0n) is 13.6. The quantitative estimate of drug-likeness (QED) is 0.613. The van der Waals surface area contributed by atoms with Gasteiger partial charge in [0.2, 0.25) is 0 Å². The maximum Gasteiger partial charge on any atom is 0.261 e. The fraction of sp³-hybridized carbons (Fsp3) is 0.118. The van der Waals surface area contributed by atoms with E-state index in [9.17, 15) is 4.79 Å². The fourth-order valence-corrected chi connectivity index (χ4v) is 3.22. The number of aromatic nitrogens is 5. The van der Waals surface area contributed by atoms with Crippen LogP contribution in [0.5, 0.6) is 0 Å². The van der Waals surface area contributed by atoms with E-state index in [1.807, 2.05) is 31.5 Å². The Bertz CT molecular complexity index is 1080. The Morgan fingerprint density at radius 3 is 2.84 bits per heavy atom. The Hall–Kier alpha value is -3.13. The van der Waals surface area contributed by atoms with E-state index in [2.05, 4.69) is 25.4 Å². The Balaban J connectivity index is 1.79. The van der Waals surface area contributed by atoms with Gasteiger partial charge in [0.05, 0.1) is 11.3 Å². The first-order chi connectivity index (χ1) is 12.1. The minimum absolute atomic E-state index is 0.269. The summed E-state index contributed by atoms with van der Waals surface area (Å²) in [7, 11) is 0. The summed E-state index contributed by atoms with van der Waals surface area (Å²) < 4.78 is 1.60. The Kier molecular flexibility index (Phi) is 3.73. The summed E-state index contributed by atoms with van der Waals surface area (Å²) in [5.41, 5.74) is 4.60. The van der Waals surface area contributed by atoms with Gasteiger partial charge in [-0.25, -0.2) is 14.5 Å². The smallest absolute Gasteiger partial charge is 0.261 e. The third-order valence-corrected chi connectivity index (χ3v) is 4.54. The van der Waals surface area contributed by atoms with Gasteiger partial charge in [0.25, 0.3) is 5.91 Å². The van der Waals surface area contributed by atoms with Crippen molar-refractivity contribution >= 4 is 28.0 Å². The number of carbonyl (C=O) groups is 1. The van der Waals surface area contributed by atoms with E-state index in [0.717, 1.165) is 22.4 Å². The monoisotopic (exact) mass is 350 g/mol. The van der Waals surface area contributed by atoms with Gasteiger partial charge < -0.3 is 0 Å². The lowest BCUT2D eigenvalue weighted by Gasteiger charge is -2.08. The number of aryl methyl sites for hydroxylation is 2. The van der Waals surface area contributed by atoms with Crippen molar-refractivity contribution in [3.8, 4) is 11.1 Å². The number of anilines is 1. The summed E-state index contributed by atoms with van der Waals surface area (Å²) in [5, 5.41) is 9.44. The molecule has 0 spiro atoms. The maximum atomic E-state index is 12.7. The van der Waals surface area contributed by atoms with Crippen LogP contribution in [0.3, 0.4) is 0 Å². The van der Waals surface area contributed by atoms with Crippen LogP contribution in [0.4, 0.5) is 5.13 Å². The molecular weight excluding hydrogens is 336 g/mol. The molecule has 0 aliphatic rings. The van der Waals surface area contributed by atoms with E-state index < -0.39 is 0 Å². The van der Waals surface area contributed by atoms with E-state index in [1.165, 1.54) is 17.7 Å². The number of nitrogens with one attached hydrogen (secondary N) is 1. The van der Waals surface area contributed by atoms with Crippen molar-refractivity contribution in [1.82, 2.24) is 24.6 Å². The number of fused-ring (bicyclic) bond motifs is 1. The molecule has 0 bridgehead atoms. The summed E-state index contributed by atoms with van der Waals surface area (Å²) >= 11 is 1.39. The van der Waals surface area contributed by atoms with Gasteiger partial charge in [-0.2, -0.15) is 5.10 Å². The van der Waals surface area contributed by atoms with Crippen molar-refractivity contribution < 1.29 is 4.79 Å². The van der Waals surface area contributed by atoms with Gasteiger partial charge in [-0.15, -0.1) is 11.3 Å². The van der Waals surface area contributed by atoms with Gasteiger partial charge in [0.15, 0.2) is 10.8 Å². The Morgan fingerprint density at radius 1 is 1.20 bits per heavy atom. The summed E-state index contributed by atoms with van der Waals surface area (Å²) in [6.07, 6.45) is 6.81. The molecular formula is C17H14N6OS. The van der Waals surface area contributed by atoms with Crippen molar-refractivity contribution in [1.29, 1.82) is 0 Å². The Labute approximate surface area is 147 Å². The molecule has 8 heteroatoms. The first-order valence-corrected chi connectivity index (χ1v) is 8.47. The summed E-state index contributed by atoms with van der Waals surface area (Å²) in [6, 6.07) is 3.81. The van der Waals surface area contributed by atoms with Crippen LogP contribution >= 0.6 is 11.3 Å². The van der Waals surface area contributed by atoms with Crippen LogP contribution in [-0.4, -0.2) is 30.5 Å². The van der Waals surface area contributed by atoms with Crippen molar-refractivity contribution in [2.24, 2.45) is 0 Å². The number of rotatable bonds is 3. The predicted octanol–water partition coefficient (Wildman–Crippen LogP) is 3.12. The molecule has 0 saturated heterocycles. The van der Waals surface area contributed by atoms with Crippen LogP contribution in [0.15, 0.2) is 42.4 Å². The number of nitrogens with zero attached hydrogens (tertiary/aromatic N) is 5. The molecule has 1 N–H and O–H groups in total. The molecule has 4 heterocycles. The SMILES string of the molecule is Cc1cncc(-c2cc(C(=O)Nc3nc(C)cs3)c3ncnn3c2)c1. The lowest BCUT2D eigenvalue weighted by atomic mass is 10.1. The van der Waals surface area contributed by atoms with Gasteiger partial charge in [-0.3, -0.25) is 15.1 Å². The number of amides is 1. The topological polar surface area (TPSA) is 85.1 Å². The molecule has 0 aromatic carbocycles. The highest BCUT2D eigenvalue weighted by Gasteiger charge is 2.16. The normalized spacial score (nSPS) is 11.0. The second kappa shape index (κ2) is 6.06. The molecule has 0 unspecified atom stereocenters. The highest BCUT2D eigenvalue weighted by Crippen LogP contribution is 2.24. The lowest BCUT2D eigenvalue weighted by molar-refractivity contribution is 0.102. The highest BCUT2D eigenvalue weighted by atomic mass is 32.1. The minimum Gasteiger partial charge on any atom is -0.298 e. The van der Waals surface area contributed by atoms with Crippen molar-refractivity contribution in [3.63, 3.8) is 0 Å². The first kappa shape index (κ1) is 15.4. The van der Waals surface area contributed by atoms with Gasteiger partial charge >= 0.3 is 0 Å². The number of carbonyl (C=O) groups excluding carboxylic acids is 1. The first-order valence-electron chi connectivity index (χ1n) is 7.59. The minimum atomic E-state index is -0.269. The molecule has 25 heavy (non-hydrogen) atoms. The van der Waals surface area contributed by atoms with Crippen molar-refractivity contribution in [3.05, 3.63) is 59.3 Å². The van der Waals surface area contributed by atoms with Gasteiger partial charge in [0, 0.05) is 35.1 Å². The molecule has 0 fully saturated rings. The molecule has 0 aliphatic carbocycles. The maximum absolute atomic E-state index is 12.7. The largest absolute Gasteiger partial charge is 0.298 e. The van der Waals surface area contributed by atoms with Crippen LogP contribution in [0, 0.1) is 13.8 Å².